The maximum absolute atomic E-state index is 11.6. The molecule has 1 aromatic rings. The van der Waals surface area contributed by atoms with Gasteiger partial charge in [0.2, 0.25) is 5.91 Å². The summed E-state index contributed by atoms with van der Waals surface area (Å²) in [4.78, 5) is 11.6. The number of aliphatic hydroxyl groups excluding tert-OH is 1. The lowest BCUT2D eigenvalue weighted by molar-refractivity contribution is -0.123. The van der Waals surface area contributed by atoms with Crippen molar-refractivity contribution in [2.24, 2.45) is 5.73 Å². The van der Waals surface area contributed by atoms with Gasteiger partial charge in [0.1, 0.15) is 0 Å². The summed E-state index contributed by atoms with van der Waals surface area (Å²) in [7, 11) is 1.54. The summed E-state index contributed by atoms with van der Waals surface area (Å²) < 4.78 is 5.04. The minimum absolute atomic E-state index is 0.0264. The van der Waals surface area contributed by atoms with Crippen molar-refractivity contribution in [3.63, 3.8) is 0 Å². The van der Waals surface area contributed by atoms with Crippen LogP contribution < -0.4 is 11.1 Å². The van der Waals surface area contributed by atoms with Crippen LogP contribution in [0.2, 0.25) is 0 Å². The Morgan fingerprint density at radius 1 is 1.39 bits per heavy atom. The second-order valence-electron chi connectivity index (χ2n) is 4.05. The summed E-state index contributed by atoms with van der Waals surface area (Å²) in [5.41, 5.74) is 7.28. The summed E-state index contributed by atoms with van der Waals surface area (Å²) in [6, 6.07) is 7.42. The molecule has 0 aromatic heterocycles. The fraction of sp³-hybridized carbons (Fsp3) is 0.462. The highest BCUT2D eigenvalue weighted by Gasteiger charge is 2.10. The molecule has 0 fully saturated rings. The first kappa shape index (κ1) is 14.6. The summed E-state index contributed by atoms with van der Waals surface area (Å²) >= 11 is 0. The quantitative estimate of drug-likeness (QED) is 0.645. The Morgan fingerprint density at radius 3 is 2.50 bits per heavy atom. The molecule has 5 heteroatoms. The van der Waals surface area contributed by atoms with Gasteiger partial charge in [0, 0.05) is 20.2 Å². The Bertz CT molecular complexity index is 361. The van der Waals surface area contributed by atoms with Gasteiger partial charge in [-0.25, -0.2) is 0 Å². The molecular weight excluding hydrogens is 232 g/mol. The lowest BCUT2D eigenvalue weighted by Crippen LogP contribution is -2.31. The third kappa shape index (κ3) is 4.83. The number of nitrogens with two attached hydrogens (primary N) is 1. The van der Waals surface area contributed by atoms with Gasteiger partial charge in [0.15, 0.2) is 0 Å². The number of rotatable bonds is 7. The molecule has 0 saturated carbocycles. The van der Waals surface area contributed by atoms with E-state index in [1.807, 2.05) is 24.3 Å². The Morgan fingerprint density at radius 2 is 2.00 bits per heavy atom. The van der Waals surface area contributed by atoms with Crippen LogP contribution in [0.1, 0.15) is 17.5 Å². The van der Waals surface area contributed by atoms with Crippen LogP contribution in [0, 0.1) is 0 Å². The number of hydrogen-bond donors (Lipinski definition) is 3. The van der Waals surface area contributed by atoms with Crippen LogP contribution in [-0.2, 0) is 22.7 Å². The number of benzene rings is 1. The Hall–Kier alpha value is -1.43. The van der Waals surface area contributed by atoms with Crippen molar-refractivity contribution in [3.05, 3.63) is 35.4 Å². The van der Waals surface area contributed by atoms with E-state index in [0.29, 0.717) is 13.1 Å². The number of ether oxygens (including phenoxy) is 1. The SMILES string of the molecule is COC(CN)CC(=O)NCc1ccc(CO)cc1. The number of aliphatic hydroxyl groups is 1. The monoisotopic (exact) mass is 252 g/mol. The van der Waals surface area contributed by atoms with E-state index in [9.17, 15) is 4.79 Å². The molecular formula is C13H20N2O3. The van der Waals surface area contributed by atoms with E-state index in [2.05, 4.69) is 5.32 Å². The van der Waals surface area contributed by atoms with E-state index in [4.69, 9.17) is 15.6 Å². The summed E-state index contributed by atoms with van der Waals surface area (Å²) in [5, 5.41) is 11.7. The topological polar surface area (TPSA) is 84.6 Å². The Labute approximate surface area is 107 Å². The van der Waals surface area contributed by atoms with Gasteiger partial charge in [-0.05, 0) is 11.1 Å². The van der Waals surface area contributed by atoms with Gasteiger partial charge < -0.3 is 20.9 Å². The van der Waals surface area contributed by atoms with Crippen molar-refractivity contribution in [2.45, 2.75) is 25.7 Å². The molecule has 0 aliphatic rings. The Kier molecular flexibility index (Phi) is 6.35. The molecule has 100 valence electrons. The average molecular weight is 252 g/mol. The molecule has 0 heterocycles. The highest BCUT2D eigenvalue weighted by molar-refractivity contribution is 5.76. The van der Waals surface area contributed by atoms with Crippen LogP contribution in [0.5, 0.6) is 0 Å². The van der Waals surface area contributed by atoms with E-state index in [0.717, 1.165) is 11.1 Å². The van der Waals surface area contributed by atoms with Gasteiger partial charge >= 0.3 is 0 Å². The van der Waals surface area contributed by atoms with Crippen molar-refractivity contribution in [2.75, 3.05) is 13.7 Å². The van der Waals surface area contributed by atoms with Gasteiger partial charge in [0.05, 0.1) is 19.1 Å². The fourth-order valence-corrected chi connectivity index (χ4v) is 1.51. The molecule has 0 bridgehead atoms. The second-order valence-corrected chi connectivity index (χ2v) is 4.05. The highest BCUT2D eigenvalue weighted by atomic mass is 16.5. The highest BCUT2D eigenvalue weighted by Crippen LogP contribution is 2.04. The van der Waals surface area contributed by atoms with Crippen LogP contribution in [0.25, 0.3) is 0 Å². The molecule has 18 heavy (non-hydrogen) atoms. The van der Waals surface area contributed by atoms with E-state index >= 15 is 0 Å². The molecule has 0 spiro atoms. The molecule has 5 nitrogen and oxygen atoms in total. The van der Waals surface area contributed by atoms with Gasteiger partial charge in [-0.1, -0.05) is 24.3 Å². The zero-order chi connectivity index (χ0) is 13.4. The maximum Gasteiger partial charge on any atom is 0.222 e. The molecule has 0 aliphatic carbocycles. The molecule has 1 rings (SSSR count). The molecule has 0 saturated heterocycles. The minimum Gasteiger partial charge on any atom is -0.392 e. The smallest absolute Gasteiger partial charge is 0.222 e. The van der Waals surface area contributed by atoms with Crippen LogP contribution >= 0.6 is 0 Å². The minimum atomic E-state index is -0.234. The molecule has 1 amide bonds. The average Bonchev–Trinajstić information content (AvgIpc) is 2.43. The first-order valence-electron chi connectivity index (χ1n) is 5.87. The van der Waals surface area contributed by atoms with Crippen molar-refractivity contribution < 1.29 is 14.6 Å². The largest absolute Gasteiger partial charge is 0.392 e. The van der Waals surface area contributed by atoms with Crippen molar-refractivity contribution >= 4 is 5.91 Å². The Balaban J connectivity index is 2.37. The van der Waals surface area contributed by atoms with Gasteiger partial charge in [-0.15, -0.1) is 0 Å². The van der Waals surface area contributed by atoms with Crippen molar-refractivity contribution in [1.82, 2.24) is 5.32 Å². The van der Waals surface area contributed by atoms with Crippen LogP contribution in [-0.4, -0.2) is 30.8 Å². The van der Waals surface area contributed by atoms with E-state index in [-0.39, 0.29) is 25.0 Å². The van der Waals surface area contributed by atoms with Crippen molar-refractivity contribution in [1.29, 1.82) is 0 Å². The van der Waals surface area contributed by atoms with Gasteiger partial charge in [-0.2, -0.15) is 0 Å². The van der Waals surface area contributed by atoms with Crippen LogP contribution in [0.3, 0.4) is 0 Å². The number of carbonyl (C=O) groups is 1. The number of nitrogens with one attached hydrogen (secondary N) is 1. The first-order chi connectivity index (χ1) is 8.69. The molecule has 1 unspecified atom stereocenters. The summed E-state index contributed by atoms with van der Waals surface area (Å²) in [6.45, 7) is 0.819. The predicted octanol–water partition coefficient (Wildman–Crippen LogP) is 0.159. The van der Waals surface area contributed by atoms with Crippen LogP contribution in [0.15, 0.2) is 24.3 Å². The normalized spacial score (nSPS) is 12.2. The first-order valence-corrected chi connectivity index (χ1v) is 5.87. The third-order valence-electron chi connectivity index (χ3n) is 2.70. The molecule has 4 N–H and O–H groups in total. The third-order valence-corrected chi connectivity index (χ3v) is 2.70. The maximum atomic E-state index is 11.6. The summed E-state index contributed by atoms with van der Waals surface area (Å²) in [5.74, 6) is -0.0847. The number of amides is 1. The number of hydrogen-bond acceptors (Lipinski definition) is 4. The van der Waals surface area contributed by atoms with Crippen LogP contribution in [0.4, 0.5) is 0 Å². The fourth-order valence-electron chi connectivity index (χ4n) is 1.51. The standard InChI is InChI=1S/C13H20N2O3/c1-18-12(7-14)6-13(17)15-8-10-2-4-11(9-16)5-3-10/h2-5,12,16H,6-9,14H2,1H3,(H,15,17). The molecule has 0 aliphatic heterocycles. The summed E-state index contributed by atoms with van der Waals surface area (Å²) in [6.07, 6.45) is 0.0311. The second kappa shape index (κ2) is 7.81. The molecule has 1 atom stereocenters. The molecule has 0 radical (unpaired) electrons. The predicted molar refractivity (Wildman–Crippen MR) is 68.7 cm³/mol. The molecule has 1 aromatic carbocycles. The van der Waals surface area contributed by atoms with Crippen molar-refractivity contribution in [3.8, 4) is 0 Å². The van der Waals surface area contributed by atoms with E-state index in [1.165, 1.54) is 0 Å². The van der Waals surface area contributed by atoms with Gasteiger partial charge in [0.25, 0.3) is 0 Å². The van der Waals surface area contributed by atoms with E-state index < -0.39 is 0 Å². The lowest BCUT2D eigenvalue weighted by Gasteiger charge is -2.12. The zero-order valence-corrected chi connectivity index (χ0v) is 10.6. The van der Waals surface area contributed by atoms with Gasteiger partial charge in [-0.3, -0.25) is 4.79 Å². The van der Waals surface area contributed by atoms with E-state index in [1.54, 1.807) is 7.11 Å². The lowest BCUT2D eigenvalue weighted by atomic mass is 10.1. The number of carbonyl (C=O) groups excluding carboxylic acids is 1. The zero-order valence-electron chi connectivity index (χ0n) is 10.6. The number of methoxy groups -OCH3 is 1.